The molecule has 135 valence electrons. The molecular formula is C24H33O. The number of benzene rings is 2. The lowest BCUT2D eigenvalue weighted by atomic mass is 9.97. The maximum Gasteiger partial charge on any atom is 0.143 e. The summed E-state index contributed by atoms with van der Waals surface area (Å²) in [5.74, 6) is 0. The molecule has 0 bridgehead atoms. The summed E-state index contributed by atoms with van der Waals surface area (Å²) in [6, 6.07) is 16.6. The molecule has 0 saturated carbocycles. The molecule has 1 radical (unpaired) electrons. The fourth-order valence-corrected chi connectivity index (χ4v) is 3.25. The molecule has 2 aromatic rings. The molecule has 0 spiro atoms. The summed E-state index contributed by atoms with van der Waals surface area (Å²) in [5, 5.41) is 12.7. The molecule has 1 heteroatoms. The van der Waals surface area contributed by atoms with E-state index in [1.165, 1.54) is 56.1 Å². The van der Waals surface area contributed by atoms with Crippen molar-refractivity contribution in [3.05, 3.63) is 70.8 Å². The monoisotopic (exact) mass is 337 g/mol. The largest absolute Gasteiger partial charge is 0.223 e. The number of hydrogen-bond donors (Lipinski definition) is 0. The van der Waals surface area contributed by atoms with Gasteiger partial charge in [0.1, 0.15) is 6.10 Å². The van der Waals surface area contributed by atoms with Crippen molar-refractivity contribution in [2.75, 3.05) is 0 Å². The van der Waals surface area contributed by atoms with E-state index in [1.807, 2.05) is 24.3 Å². The molecule has 1 atom stereocenters. The Morgan fingerprint density at radius 3 is 1.44 bits per heavy atom. The van der Waals surface area contributed by atoms with Crippen molar-refractivity contribution in [3.63, 3.8) is 0 Å². The second-order valence-corrected chi connectivity index (χ2v) is 7.13. The Morgan fingerprint density at radius 2 is 1.00 bits per heavy atom. The second kappa shape index (κ2) is 11.1. The van der Waals surface area contributed by atoms with Gasteiger partial charge in [0.25, 0.3) is 0 Å². The van der Waals surface area contributed by atoms with Gasteiger partial charge in [0.15, 0.2) is 0 Å². The molecule has 2 aromatic carbocycles. The molecule has 0 fully saturated rings. The summed E-state index contributed by atoms with van der Waals surface area (Å²) in [6.45, 7) is 4.46. The van der Waals surface area contributed by atoms with Crippen LogP contribution in [0, 0.1) is 0 Å². The van der Waals surface area contributed by atoms with E-state index in [4.69, 9.17) is 0 Å². The summed E-state index contributed by atoms with van der Waals surface area (Å²) >= 11 is 0. The highest BCUT2D eigenvalue weighted by molar-refractivity contribution is 5.33. The van der Waals surface area contributed by atoms with E-state index < -0.39 is 6.10 Å². The normalized spacial score (nSPS) is 12.3. The smallest absolute Gasteiger partial charge is 0.143 e. The van der Waals surface area contributed by atoms with Gasteiger partial charge in [-0.05, 0) is 47.9 Å². The molecule has 1 unspecified atom stereocenters. The number of hydrogen-bond acceptors (Lipinski definition) is 0. The van der Waals surface area contributed by atoms with Crippen LogP contribution in [0.3, 0.4) is 0 Å². The summed E-state index contributed by atoms with van der Waals surface area (Å²) in [4.78, 5) is 0. The minimum atomic E-state index is -0.779. The van der Waals surface area contributed by atoms with E-state index in [0.717, 1.165) is 24.0 Å². The van der Waals surface area contributed by atoms with Gasteiger partial charge in [-0.3, -0.25) is 0 Å². The van der Waals surface area contributed by atoms with Crippen LogP contribution >= 0.6 is 0 Å². The van der Waals surface area contributed by atoms with E-state index in [1.54, 1.807) is 0 Å². The molecular weight excluding hydrogens is 304 g/mol. The Bertz CT molecular complexity index is 582. The van der Waals surface area contributed by atoms with E-state index in [9.17, 15) is 5.11 Å². The zero-order valence-electron chi connectivity index (χ0n) is 16.0. The van der Waals surface area contributed by atoms with Crippen molar-refractivity contribution in [2.24, 2.45) is 0 Å². The van der Waals surface area contributed by atoms with Crippen LogP contribution in [0.25, 0.3) is 0 Å². The lowest BCUT2D eigenvalue weighted by Gasteiger charge is -2.11. The predicted molar refractivity (Wildman–Crippen MR) is 106 cm³/mol. The van der Waals surface area contributed by atoms with Gasteiger partial charge >= 0.3 is 0 Å². The Balaban J connectivity index is 1.89. The van der Waals surface area contributed by atoms with Crippen molar-refractivity contribution >= 4 is 0 Å². The van der Waals surface area contributed by atoms with Crippen LogP contribution in [0.4, 0.5) is 0 Å². The molecule has 0 N–H and O–H groups in total. The minimum absolute atomic E-state index is 0.779. The van der Waals surface area contributed by atoms with Gasteiger partial charge in [-0.15, -0.1) is 0 Å². The molecule has 25 heavy (non-hydrogen) atoms. The SMILES string of the molecule is CCCCCCc1ccc(C([O])c2ccc(CCCCC)cc2)cc1. The van der Waals surface area contributed by atoms with Crippen LogP contribution in [-0.2, 0) is 17.9 Å². The van der Waals surface area contributed by atoms with Crippen LogP contribution in [0.15, 0.2) is 48.5 Å². The van der Waals surface area contributed by atoms with Crippen molar-refractivity contribution in [1.29, 1.82) is 0 Å². The van der Waals surface area contributed by atoms with Crippen molar-refractivity contribution in [2.45, 2.75) is 77.7 Å². The molecule has 0 saturated heterocycles. The number of rotatable bonds is 11. The number of aryl methyl sites for hydroxylation is 2. The second-order valence-electron chi connectivity index (χ2n) is 7.13. The molecule has 0 aliphatic rings. The summed E-state index contributed by atoms with van der Waals surface area (Å²) in [5.41, 5.74) is 4.43. The molecule has 0 aliphatic heterocycles. The fourth-order valence-electron chi connectivity index (χ4n) is 3.25. The van der Waals surface area contributed by atoms with Crippen LogP contribution in [0.5, 0.6) is 0 Å². The summed E-state index contributed by atoms with van der Waals surface area (Å²) in [6.07, 6.45) is 10.3. The highest BCUT2D eigenvalue weighted by atomic mass is 16.3. The van der Waals surface area contributed by atoms with E-state index in [0.29, 0.717) is 0 Å². The lowest BCUT2D eigenvalue weighted by molar-refractivity contribution is 0.124. The molecule has 0 aromatic heterocycles. The van der Waals surface area contributed by atoms with Gasteiger partial charge in [-0.25, -0.2) is 5.11 Å². The average Bonchev–Trinajstić information content (AvgIpc) is 2.66. The third kappa shape index (κ3) is 6.66. The Morgan fingerprint density at radius 1 is 0.600 bits per heavy atom. The Kier molecular flexibility index (Phi) is 8.76. The van der Waals surface area contributed by atoms with Crippen LogP contribution < -0.4 is 0 Å². The van der Waals surface area contributed by atoms with Crippen LogP contribution in [0.2, 0.25) is 0 Å². The highest BCUT2D eigenvalue weighted by Gasteiger charge is 2.12. The standard InChI is InChI=1S/C24H33O/c1-3-5-7-9-11-21-14-18-23(19-15-21)24(25)22-16-12-20(13-17-22)10-8-6-4-2/h12-19,24H,3-11H2,1-2H3. The molecule has 0 aliphatic carbocycles. The van der Waals surface area contributed by atoms with Crippen LogP contribution in [0.1, 0.15) is 87.2 Å². The zero-order chi connectivity index (χ0) is 17.9. The van der Waals surface area contributed by atoms with E-state index in [-0.39, 0.29) is 0 Å². The summed E-state index contributed by atoms with van der Waals surface area (Å²) in [7, 11) is 0. The minimum Gasteiger partial charge on any atom is -0.223 e. The Labute approximate surface area is 154 Å². The molecule has 0 heterocycles. The quantitative estimate of drug-likeness (QED) is 0.391. The average molecular weight is 338 g/mol. The molecule has 2 rings (SSSR count). The lowest BCUT2D eigenvalue weighted by Crippen LogP contribution is -1.99. The topological polar surface area (TPSA) is 19.9 Å². The molecule has 0 amide bonds. The van der Waals surface area contributed by atoms with Crippen LogP contribution in [-0.4, -0.2) is 0 Å². The van der Waals surface area contributed by atoms with Crippen molar-refractivity contribution in [1.82, 2.24) is 0 Å². The zero-order valence-corrected chi connectivity index (χ0v) is 16.0. The third-order valence-electron chi connectivity index (χ3n) is 4.95. The van der Waals surface area contributed by atoms with Gasteiger partial charge in [0.05, 0.1) is 0 Å². The Hall–Kier alpha value is -1.60. The van der Waals surface area contributed by atoms with Gasteiger partial charge < -0.3 is 0 Å². The van der Waals surface area contributed by atoms with Gasteiger partial charge in [0.2, 0.25) is 0 Å². The van der Waals surface area contributed by atoms with Crippen molar-refractivity contribution in [3.8, 4) is 0 Å². The predicted octanol–water partition coefficient (Wildman–Crippen LogP) is 7.06. The van der Waals surface area contributed by atoms with E-state index >= 15 is 0 Å². The number of unbranched alkanes of at least 4 members (excludes halogenated alkanes) is 5. The maximum absolute atomic E-state index is 12.7. The van der Waals surface area contributed by atoms with Gasteiger partial charge in [-0.2, -0.15) is 0 Å². The van der Waals surface area contributed by atoms with Gasteiger partial charge in [-0.1, -0.05) is 94.5 Å². The first-order chi connectivity index (χ1) is 12.2. The fraction of sp³-hybridized carbons (Fsp3) is 0.500. The molecule has 1 nitrogen and oxygen atoms in total. The third-order valence-corrected chi connectivity index (χ3v) is 4.95. The van der Waals surface area contributed by atoms with E-state index in [2.05, 4.69) is 38.1 Å². The first-order valence-corrected chi connectivity index (χ1v) is 10.1. The van der Waals surface area contributed by atoms with Crippen molar-refractivity contribution < 1.29 is 5.11 Å². The summed E-state index contributed by atoms with van der Waals surface area (Å²) < 4.78 is 0. The first-order valence-electron chi connectivity index (χ1n) is 10.1. The highest BCUT2D eigenvalue weighted by Crippen LogP contribution is 2.24. The van der Waals surface area contributed by atoms with Gasteiger partial charge in [0, 0.05) is 0 Å². The first kappa shape index (κ1) is 19.7. The maximum atomic E-state index is 12.7.